The van der Waals surface area contributed by atoms with Crippen molar-refractivity contribution >= 4 is 17.6 Å². The number of fused-ring (bicyclic) bond motifs is 1. The Morgan fingerprint density at radius 2 is 2.20 bits per heavy atom. The number of ether oxygens (including phenoxy) is 2. The van der Waals surface area contributed by atoms with Crippen molar-refractivity contribution in [2.75, 3.05) is 18.6 Å². The third-order valence-corrected chi connectivity index (χ3v) is 3.39. The number of carbonyl (C=O) groups is 1. The van der Waals surface area contributed by atoms with Crippen molar-refractivity contribution in [1.29, 1.82) is 0 Å². The fraction of sp³-hybridized carbons (Fsp3) is 0.462. The number of aryl methyl sites for hydroxylation is 1. The summed E-state index contributed by atoms with van der Waals surface area (Å²) in [6, 6.07) is 0. The molecule has 20 heavy (non-hydrogen) atoms. The van der Waals surface area contributed by atoms with Crippen molar-refractivity contribution in [3.05, 3.63) is 18.0 Å². The molecule has 1 amide bonds. The summed E-state index contributed by atoms with van der Waals surface area (Å²) in [5, 5.41) is 4.19. The molecule has 7 heteroatoms. The summed E-state index contributed by atoms with van der Waals surface area (Å²) in [6.07, 6.45) is 3.02. The first-order valence-corrected chi connectivity index (χ1v) is 6.30. The number of cyclic esters (lactones) is 1. The maximum atomic E-state index is 12.0. The Labute approximate surface area is 116 Å². The van der Waals surface area contributed by atoms with Gasteiger partial charge in [-0.05, 0) is 20.8 Å². The van der Waals surface area contributed by atoms with E-state index in [1.165, 1.54) is 12.0 Å². The first kappa shape index (κ1) is 12.7. The van der Waals surface area contributed by atoms with E-state index in [4.69, 9.17) is 9.47 Å². The molecule has 0 spiro atoms. The van der Waals surface area contributed by atoms with Crippen molar-refractivity contribution in [2.24, 2.45) is 0 Å². The molecule has 1 aliphatic rings. The summed E-state index contributed by atoms with van der Waals surface area (Å²) in [5.74, 6) is 0.934. The quantitative estimate of drug-likeness (QED) is 0.836. The molecule has 2 aromatic rings. The lowest BCUT2D eigenvalue weighted by Crippen LogP contribution is -2.42. The van der Waals surface area contributed by atoms with E-state index in [0.717, 1.165) is 5.56 Å². The number of amides is 1. The molecular weight excluding hydrogens is 260 g/mol. The highest BCUT2D eigenvalue weighted by Gasteiger charge is 2.43. The number of aromatic nitrogens is 3. The Kier molecular flexibility index (Phi) is 2.60. The Morgan fingerprint density at radius 3 is 2.80 bits per heavy atom. The van der Waals surface area contributed by atoms with Crippen molar-refractivity contribution < 1.29 is 14.3 Å². The highest BCUT2D eigenvalue weighted by atomic mass is 16.6. The van der Waals surface area contributed by atoms with Crippen LogP contribution in [0.4, 0.5) is 10.6 Å². The topological polar surface area (TPSA) is 69.0 Å². The number of methoxy groups -OCH3 is 1. The molecule has 3 rings (SSSR count). The molecule has 0 atom stereocenters. The van der Waals surface area contributed by atoms with E-state index in [2.05, 4.69) is 10.1 Å². The normalized spacial score (nSPS) is 17.6. The zero-order valence-corrected chi connectivity index (χ0v) is 11.9. The Morgan fingerprint density at radius 1 is 1.45 bits per heavy atom. The van der Waals surface area contributed by atoms with Crippen molar-refractivity contribution in [3.8, 4) is 5.75 Å². The molecule has 1 aliphatic heterocycles. The standard InChI is InChI=1S/C13H16N4O3/c1-8-5-14-16-6-9(19-4)11(15-10(8)16)17-12(18)20-7-13(17,2)3/h5-6H,7H2,1-4H3. The monoisotopic (exact) mass is 276 g/mol. The average Bonchev–Trinajstić information content (AvgIpc) is 2.89. The van der Waals surface area contributed by atoms with Gasteiger partial charge in [-0.25, -0.2) is 19.2 Å². The molecule has 7 nitrogen and oxygen atoms in total. The van der Waals surface area contributed by atoms with Crippen LogP contribution in [0.2, 0.25) is 0 Å². The zero-order valence-electron chi connectivity index (χ0n) is 11.9. The minimum absolute atomic E-state index is 0.320. The molecule has 0 saturated carbocycles. The fourth-order valence-electron chi connectivity index (χ4n) is 2.29. The number of anilines is 1. The third-order valence-electron chi connectivity index (χ3n) is 3.39. The minimum Gasteiger partial charge on any atom is -0.491 e. The van der Waals surface area contributed by atoms with Gasteiger partial charge in [0.1, 0.15) is 6.61 Å². The molecule has 0 radical (unpaired) electrons. The Bertz CT molecular complexity index is 692. The van der Waals surface area contributed by atoms with Gasteiger partial charge in [0.15, 0.2) is 17.2 Å². The van der Waals surface area contributed by atoms with E-state index < -0.39 is 11.6 Å². The predicted molar refractivity (Wildman–Crippen MR) is 72.2 cm³/mol. The summed E-state index contributed by atoms with van der Waals surface area (Å²) in [7, 11) is 1.54. The maximum absolute atomic E-state index is 12.0. The third kappa shape index (κ3) is 1.70. The summed E-state index contributed by atoms with van der Waals surface area (Å²) in [5.41, 5.74) is 1.15. The molecule has 3 heterocycles. The van der Waals surface area contributed by atoms with Crippen LogP contribution in [0.1, 0.15) is 19.4 Å². The van der Waals surface area contributed by atoms with Crippen LogP contribution in [-0.4, -0.2) is 39.9 Å². The second-order valence-corrected chi connectivity index (χ2v) is 5.43. The predicted octanol–water partition coefficient (Wildman–Crippen LogP) is 1.78. The summed E-state index contributed by atoms with van der Waals surface area (Å²) >= 11 is 0. The highest BCUT2D eigenvalue weighted by Crippen LogP contribution is 2.35. The van der Waals surface area contributed by atoms with Crippen LogP contribution >= 0.6 is 0 Å². The van der Waals surface area contributed by atoms with E-state index in [9.17, 15) is 4.79 Å². The molecule has 1 fully saturated rings. The Hall–Kier alpha value is -2.31. The average molecular weight is 276 g/mol. The van der Waals surface area contributed by atoms with Gasteiger partial charge in [-0.15, -0.1) is 0 Å². The first-order chi connectivity index (χ1) is 9.44. The molecule has 0 aliphatic carbocycles. The second-order valence-electron chi connectivity index (χ2n) is 5.43. The zero-order chi connectivity index (χ0) is 14.5. The number of nitrogens with zero attached hydrogens (tertiary/aromatic N) is 4. The molecule has 106 valence electrons. The van der Waals surface area contributed by atoms with Crippen molar-refractivity contribution in [1.82, 2.24) is 14.6 Å². The van der Waals surface area contributed by atoms with Crippen LogP contribution in [0.5, 0.6) is 5.75 Å². The second kappa shape index (κ2) is 4.09. The van der Waals surface area contributed by atoms with Crippen LogP contribution in [0.25, 0.3) is 5.65 Å². The van der Waals surface area contributed by atoms with E-state index in [1.807, 2.05) is 20.8 Å². The number of rotatable bonds is 2. The van der Waals surface area contributed by atoms with Gasteiger partial charge in [-0.1, -0.05) is 0 Å². The summed E-state index contributed by atoms with van der Waals surface area (Å²) < 4.78 is 12.1. The number of hydrogen-bond acceptors (Lipinski definition) is 5. The van der Waals surface area contributed by atoms with Crippen molar-refractivity contribution in [3.63, 3.8) is 0 Å². The molecule has 0 bridgehead atoms. The first-order valence-electron chi connectivity index (χ1n) is 6.30. The molecule has 0 unspecified atom stereocenters. The van der Waals surface area contributed by atoms with Gasteiger partial charge in [-0.3, -0.25) is 0 Å². The summed E-state index contributed by atoms with van der Waals surface area (Å²) in [4.78, 5) is 18.1. The lowest BCUT2D eigenvalue weighted by atomic mass is 10.1. The summed E-state index contributed by atoms with van der Waals surface area (Å²) in [6.45, 7) is 6.08. The van der Waals surface area contributed by atoms with Gasteiger partial charge < -0.3 is 9.47 Å². The van der Waals surface area contributed by atoms with E-state index in [1.54, 1.807) is 16.9 Å². The van der Waals surface area contributed by atoms with Gasteiger partial charge in [0.05, 0.1) is 25.0 Å². The van der Waals surface area contributed by atoms with Gasteiger partial charge in [0, 0.05) is 5.56 Å². The van der Waals surface area contributed by atoms with Crippen LogP contribution in [0.3, 0.4) is 0 Å². The maximum Gasteiger partial charge on any atom is 0.416 e. The van der Waals surface area contributed by atoms with Gasteiger partial charge in [0.25, 0.3) is 0 Å². The molecule has 2 aromatic heterocycles. The number of carbonyl (C=O) groups excluding carboxylic acids is 1. The molecule has 1 saturated heterocycles. The van der Waals surface area contributed by atoms with E-state index >= 15 is 0 Å². The highest BCUT2D eigenvalue weighted by molar-refractivity contribution is 5.92. The fourth-order valence-corrected chi connectivity index (χ4v) is 2.29. The molecular formula is C13H16N4O3. The van der Waals surface area contributed by atoms with Crippen LogP contribution < -0.4 is 9.64 Å². The smallest absolute Gasteiger partial charge is 0.416 e. The lowest BCUT2D eigenvalue weighted by molar-refractivity contribution is 0.175. The van der Waals surface area contributed by atoms with Gasteiger partial charge in [0.2, 0.25) is 0 Å². The van der Waals surface area contributed by atoms with E-state index in [-0.39, 0.29) is 0 Å². The van der Waals surface area contributed by atoms with Gasteiger partial charge >= 0.3 is 6.09 Å². The van der Waals surface area contributed by atoms with Crippen LogP contribution in [-0.2, 0) is 4.74 Å². The van der Waals surface area contributed by atoms with Crippen LogP contribution in [0.15, 0.2) is 12.4 Å². The van der Waals surface area contributed by atoms with Gasteiger partial charge in [-0.2, -0.15) is 5.10 Å². The molecule has 0 N–H and O–H groups in total. The SMILES string of the molecule is COc1cn2ncc(C)c2nc1N1C(=O)OCC1(C)C. The minimum atomic E-state index is -0.469. The molecule has 0 aromatic carbocycles. The lowest BCUT2D eigenvalue weighted by Gasteiger charge is -2.27. The largest absolute Gasteiger partial charge is 0.491 e. The van der Waals surface area contributed by atoms with Crippen molar-refractivity contribution in [2.45, 2.75) is 26.3 Å². The van der Waals surface area contributed by atoms with E-state index in [0.29, 0.717) is 23.8 Å². The number of hydrogen-bond donors (Lipinski definition) is 0. The Balaban J connectivity index is 2.23. The van der Waals surface area contributed by atoms with Crippen LogP contribution in [0, 0.1) is 6.92 Å².